The highest BCUT2D eigenvalue weighted by molar-refractivity contribution is 6.05. The van der Waals surface area contributed by atoms with E-state index in [1.807, 2.05) is 0 Å². The molecule has 0 spiro atoms. The van der Waals surface area contributed by atoms with Crippen LogP contribution in [0.4, 0.5) is 5.69 Å². The maximum Gasteiger partial charge on any atom is 0.324 e. The van der Waals surface area contributed by atoms with Gasteiger partial charge in [0.2, 0.25) is 0 Å². The zero-order valence-electron chi connectivity index (χ0n) is 7.84. The van der Waals surface area contributed by atoms with Gasteiger partial charge >= 0.3 is 5.69 Å². The molecule has 1 aromatic carbocycles. The van der Waals surface area contributed by atoms with E-state index >= 15 is 0 Å². The van der Waals surface area contributed by atoms with E-state index < -0.39 is 27.8 Å². The Labute approximate surface area is 88.8 Å². The van der Waals surface area contributed by atoms with Crippen LogP contribution in [0.1, 0.15) is 20.7 Å². The van der Waals surface area contributed by atoms with Crippen LogP contribution in [-0.4, -0.2) is 22.2 Å². The number of aldehydes is 1. The van der Waals surface area contributed by atoms with Gasteiger partial charge in [-0.2, -0.15) is 0 Å². The minimum absolute atomic E-state index is 0.229. The molecule has 0 aromatic heterocycles. The fourth-order valence-electron chi connectivity index (χ4n) is 1.19. The number of hydrogen-bond acceptors (Lipinski definition) is 6. The van der Waals surface area contributed by atoms with E-state index in [1.54, 1.807) is 5.43 Å². The highest BCUT2D eigenvalue weighted by Gasteiger charge is 2.27. The minimum atomic E-state index is -1.02. The van der Waals surface area contributed by atoms with Crippen LogP contribution in [0.3, 0.4) is 0 Å². The summed E-state index contributed by atoms with van der Waals surface area (Å²) in [5, 5.41) is 19.9. The maximum atomic E-state index is 11.3. The molecule has 8 heteroatoms. The summed E-state index contributed by atoms with van der Waals surface area (Å²) >= 11 is 0. The first-order valence-corrected chi connectivity index (χ1v) is 3.99. The molecule has 1 aromatic rings. The van der Waals surface area contributed by atoms with Gasteiger partial charge in [0, 0.05) is 5.56 Å². The number of phenols is 1. The maximum absolute atomic E-state index is 11.3. The summed E-state index contributed by atoms with van der Waals surface area (Å²) in [4.78, 5) is 31.5. The quantitative estimate of drug-likeness (QED) is 0.213. The van der Waals surface area contributed by atoms with Gasteiger partial charge in [0.1, 0.15) is 5.56 Å². The molecule has 0 aliphatic carbocycles. The Morgan fingerprint density at radius 3 is 2.62 bits per heavy atom. The Balaban J connectivity index is 3.61. The van der Waals surface area contributed by atoms with Gasteiger partial charge in [-0.1, -0.05) is 0 Å². The minimum Gasteiger partial charge on any atom is -0.502 e. The first-order valence-electron chi connectivity index (χ1n) is 3.99. The lowest BCUT2D eigenvalue weighted by Gasteiger charge is -2.05. The normalized spacial score (nSPS) is 9.56. The molecule has 0 saturated heterocycles. The van der Waals surface area contributed by atoms with Crippen LogP contribution in [0.2, 0.25) is 0 Å². The summed E-state index contributed by atoms with van der Waals surface area (Å²) < 4.78 is 0. The van der Waals surface area contributed by atoms with Gasteiger partial charge in [-0.05, 0) is 12.1 Å². The van der Waals surface area contributed by atoms with Crippen molar-refractivity contribution < 1.29 is 19.6 Å². The molecule has 16 heavy (non-hydrogen) atoms. The van der Waals surface area contributed by atoms with E-state index in [1.165, 1.54) is 0 Å². The molecule has 0 bridgehead atoms. The van der Waals surface area contributed by atoms with Crippen molar-refractivity contribution in [3.8, 4) is 5.75 Å². The zero-order chi connectivity index (χ0) is 12.3. The lowest BCUT2D eigenvalue weighted by Crippen LogP contribution is -2.31. The van der Waals surface area contributed by atoms with Crippen molar-refractivity contribution in [1.29, 1.82) is 0 Å². The number of carbonyl (C=O) groups excluding carboxylic acids is 2. The smallest absolute Gasteiger partial charge is 0.324 e. The van der Waals surface area contributed by atoms with Crippen molar-refractivity contribution in [1.82, 2.24) is 5.43 Å². The fourth-order valence-corrected chi connectivity index (χ4v) is 1.19. The second kappa shape index (κ2) is 4.36. The second-order valence-corrected chi connectivity index (χ2v) is 2.75. The van der Waals surface area contributed by atoms with Crippen molar-refractivity contribution in [2.24, 2.45) is 5.84 Å². The van der Waals surface area contributed by atoms with Crippen molar-refractivity contribution in [3.63, 3.8) is 0 Å². The number of phenolic OH excluding ortho intramolecular Hbond substituents is 1. The Morgan fingerprint density at radius 1 is 1.56 bits per heavy atom. The molecule has 0 radical (unpaired) electrons. The highest BCUT2D eigenvalue weighted by Crippen LogP contribution is 2.31. The second-order valence-electron chi connectivity index (χ2n) is 2.75. The van der Waals surface area contributed by atoms with Gasteiger partial charge in [-0.25, -0.2) is 5.84 Å². The number of benzene rings is 1. The summed E-state index contributed by atoms with van der Waals surface area (Å²) in [6.45, 7) is 0. The monoisotopic (exact) mass is 225 g/mol. The first-order chi connectivity index (χ1) is 7.52. The molecule has 0 atom stereocenters. The standard InChI is InChI=1S/C8H7N3O5/c9-10-8(14)6-4(3-12)1-2-5(13)7(6)11(15)16/h1-3,13H,9H2,(H,10,14). The molecular weight excluding hydrogens is 218 g/mol. The van der Waals surface area contributed by atoms with Gasteiger partial charge in [0.05, 0.1) is 4.92 Å². The van der Waals surface area contributed by atoms with Crippen molar-refractivity contribution in [2.45, 2.75) is 0 Å². The third kappa shape index (κ3) is 1.81. The molecule has 0 saturated carbocycles. The van der Waals surface area contributed by atoms with E-state index in [0.717, 1.165) is 12.1 Å². The molecule has 0 unspecified atom stereocenters. The first kappa shape index (κ1) is 11.6. The summed E-state index contributed by atoms with van der Waals surface area (Å²) in [5.74, 6) is 3.09. The summed E-state index contributed by atoms with van der Waals surface area (Å²) in [6, 6.07) is 2.04. The molecule has 1 rings (SSSR count). The number of nitrogen functional groups attached to an aromatic ring is 1. The van der Waals surface area contributed by atoms with Crippen LogP contribution in [0, 0.1) is 10.1 Å². The molecule has 1 amide bonds. The van der Waals surface area contributed by atoms with Gasteiger partial charge in [0.15, 0.2) is 12.0 Å². The third-order valence-electron chi connectivity index (χ3n) is 1.86. The zero-order valence-corrected chi connectivity index (χ0v) is 7.84. The molecule has 0 heterocycles. The van der Waals surface area contributed by atoms with Gasteiger partial charge in [-0.15, -0.1) is 0 Å². The van der Waals surface area contributed by atoms with E-state index in [-0.39, 0.29) is 11.8 Å². The van der Waals surface area contributed by atoms with E-state index in [2.05, 4.69) is 0 Å². The number of hydrogen-bond donors (Lipinski definition) is 3. The number of nitro groups is 1. The lowest BCUT2D eigenvalue weighted by molar-refractivity contribution is -0.386. The molecule has 84 valence electrons. The molecule has 0 aliphatic rings. The van der Waals surface area contributed by atoms with Crippen LogP contribution >= 0.6 is 0 Å². The fraction of sp³-hybridized carbons (Fsp3) is 0. The van der Waals surface area contributed by atoms with Gasteiger partial charge < -0.3 is 5.11 Å². The molecule has 0 fully saturated rings. The highest BCUT2D eigenvalue weighted by atomic mass is 16.6. The van der Waals surface area contributed by atoms with Crippen molar-refractivity contribution >= 4 is 17.9 Å². The SMILES string of the molecule is NNC(=O)c1c(C=O)ccc(O)c1[N+](=O)[O-]. The average molecular weight is 225 g/mol. The Bertz CT molecular complexity index is 471. The number of rotatable bonds is 3. The third-order valence-corrected chi connectivity index (χ3v) is 1.86. The number of hydrazine groups is 1. The number of nitrogens with two attached hydrogens (primary N) is 1. The predicted molar refractivity (Wildman–Crippen MR) is 51.8 cm³/mol. The van der Waals surface area contributed by atoms with Crippen molar-refractivity contribution in [2.75, 3.05) is 0 Å². The van der Waals surface area contributed by atoms with Crippen LogP contribution in [0.15, 0.2) is 12.1 Å². The molecule has 8 nitrogen and oxygen atoms in total. The van der Waals surface area contributed by atoms with Gasteiger partial charge in [0.25, 0.3) is 5.91 Å². The van der Waals surface area contributed by atoms with Crippen LogP contribution in [0.25, 0.3) is 0 Å². The Kier molecular flexibility index (Phi) is 3.16. The number of amides is 1. The van der Waals surface area contributed by atoms with Gasteiger partial charge in [-0.3, -0.25) is 25.1 Å². The topological polar surface area (TPSA) is 136 Å². The number of carbonyl (C=O) groups is 2. The summed E-state index contributed by atoms with van der Waals surface area (Å²) in [5.41, 5.74) is 0.0146. The van der Waals surface area contributed by atoms with E-state index in [0.29, 0.717) is 0 Å². The average Bonchev–Trinajstić information content (AvgIpc) is 2.27. The van der Waals surface area contributed by atoms with Crippen molar-refractivity contribution in [3.05, 3.63) is 33.4 Å². The summed E-state index contributed by atoms with van der Waals surface area (Å²) in [7, 11) is 0. The Hall–Kier alpha value is -2.48. The number of nitro benzene ring substituents is 1. The molecule has 0 aliphatic heterocycles. The molecule has 4 N–H and O–H groups in total. The van der Waals surface area contributed by atoms with Crippen LogP contribution in [-0.2, 0) is 0 Å². The lowest BCUT2D eigenvalue weighted by atomic mass is 10.0. The largest absolute Gasteiger partial charge is 0.502 e. The van der Waals surface area contributed by atoms with Crippen LogP contribution in [0.5, 0.6) is 5.75 Å². The van der Waals surface area contributed by atoms with Crippen LogP contribution < -0.4 is 11.3 Å². The summed E-state index contributed by atoms with van der Waals surface area (Å²) in [6.07, 6.45) is 0.261. The number of nitrogens with zero attached hydrogens (tertiary/aromatic N) is 1. The molecular formula is C8H7N3O5. The predicted octanol–water partition coefficient (Wildman–Crippen LogP) is -0.284. The number of nitrogens with one attached hydrogen (secondary N) is 1. The van der Waals surface area contributed by atoms with E-state index in [9.17, 15) is 24.8 Å². The Morgan fingerprint density at radius 2 is 2.19 bits per heavy atom. The number of aromatic hydroxyl groups is 1. The van der Waals surface area contributed by atoms with E-state index in [4.69, 9.17) is 5.84 Å².